The fourth-order valence-corrected chi connectivity index (χ4v) is 3.21. The Bertz CT molecular complexity index is 975. The Labute approximate surface area is 208 Å². The first-order valence-corrected chi connectivity index (χ1v) is 11.3. The number of carbonyl (C=O) groups is 4. The zero-order chi connectivity index (χ0) is 27.4. The van der Waals surface area contributed by atoms with E-state index < -0.39 is 47.5 Å². The molecule has 0 bridgehead atoms. The van der Waals surface area contributed by atoms with Gasteiger partial charge in [-0.15, -0.1) is 0 Å². The lowest BCUT2D eigenvalue weighted by molar-refractivity contribution is -0.144. The second-order valence-electron chi connectivity index (χ2n) is 8.58. The molecule has 4 atom stereocenters. The van der Waals surface area contributed by atoms with Crippen LogP contribution in [0.3, 0.4) is 0 Å². The third kappa shape index (κ3) is 10.4. The number of halogens is 2. The molecule has 0 fully saturated rings. The Hall–Kier alpha value is -3.50. The van der Waals surface area contributed by atoms with Crippen molar-refractivity contribution in [1.29, 1.82) is 0 Å². The molecular formula is C26H32F2N2O6. The van der Waals surface area contributed by atoms with Gasteiger partial charge < -0.3 is 21.7 Å². The molecule has 0 spiro atoms. The maximum Gasteiger partial charge on any atom is 0.307 e. The molecule has 0 aliphatic heterocycles. The predicted molar refractivity (Wildman–Crippen MR) is 129 cm³/mol. The summed E-state index contributed by atoms with van der Waals surface area (Å²) in [5.74, 6) is -5.72. The van der Waals surface area contributed by atoms with E-state index in [0.29, 0.717) is 11.1 Å². The largest absolute Gasteiger partial charge is 0.481 e. The number of carbonyl (C=O) groups excluding carboxylic acids is 2. The summed E-state index contributed by atoms with van der Waals surface area (Å²) in [7, 11) is 0. The Morgan fingerprint density at radius 1 is 0.694 bits per heavy atom. The van der Waals surface area contributed by atoms with Crippen molar-refractivity contribution < 1.29 is 38.2 Å². The highest BCUT2D eigenvalue weighted by Crippen LogP contribution is 2.18. The number of Topliss-reactive ketones (excluding diaryl/α,β-unsaturated/α-hetero) is 2. The summed E-state index contributed by atoms with van der Waals surface area (Å²) in [5.41, 5.74) is 11.4. The van der Waals surface area contributed by atoms with E-state index in [1.165, 1.54) is 50.2 Å². The van der Waals surface area contributed by atoms with E-state index in [1.54, 1.807) is 12.1 Å². The van der Waals surface area contributed by atoms with E-state index in [9.17, 15) is 28.0 Å². The Balaban J connectivity index is 0.000000360. The topological polar surface area (TPSA) is 161 Å². The quantitative estimate of drug-likeness (QED) is 0.342. The van der Waals surface area contributed by atoms with Gasteiger partial charge in [0.2, 0.25) is 0 Å². The van der Waals surface area contributed by atoms with E-state index in [-0.39, 0.29) is 37.2 Å². The van der Waals surface area contributed by atoms with Crippen molar-refractivity contribution in [2.45, 2.75) is 51.6 Å². The molecule has 0 radical (unpaired) electrons. The van der Waals surface area contributed by atoms with Crippen molar-refractivity contribution in [2.75, 3.05) is 0 Å². The first-order valence-electron chi connectivity index (χ1n) is 11.3. The fourth-order valence-electron chi connectivity index (χ4n) is 3.21. The summed E-state index contributed by atoms with van der Waals surface area (Å²) in [6.45, 7) is 3.01. The highest BCUT2D eigenvalue weighted by molar-refractivity contribution is 5.88. The molecule has 10 heteroatoms. The molecule has 0 saturated heterocycles. The van der Waals surface area contributed by atoms with Crippen molar-refractivity contribution in [2.24, 2.45) is 23.3 Å². The Morgan fingerprint density at radius 3 is 1.25 bits per heavy atom. The van der Waals surface area contributed by atoms with Crippen molar-refractivity contribution in [3.05, 3.63) is 71.3 Å². The van der Waals surface area contributed by atoms with Gasteiger partial charge in [-0.05, 0) is 49.9 Å². The minimum Gasteiger partial charge on any atom is -0.481 e. The number of rotatable bonds is 12. The molecule has 0 unspecified atom stereocenters. The molecule has 6 N–H and O–H groups in total. The lowest BCUT2D eigenvalue weighted by Gasteiger charge is -2.13. The maximum absolute atomic E-state index is 13.4. The van der Waals surface area contributed by atoms with Crippen LogP contribution in [0.25, 0.3) is 0 Å². The summed E-state index contributed by atoms with van der Waals surface area (Å²) in [6, 6.07) is 10.5. The fraction of sp³-hybridized carbons (Fsp3) is 0.385. The van der Waals surface area contributed by atoms with Gasteiger partial charge in [0.1, 0.15) is 23.2 Å². The standard InChI is InChI=1S/2C13H16FNO3/c2*1-8(15)12(16)7-10(13(17)18)6-9-4-2-3-5-11(9)14/h2*2-5,8,10H,6-7,15H2,1H3,(H,17,18)/t8-,10+;8-,10-/m00/s1. The van der Waals surface area contributed by atoms with Crippen LogP contribution in [0.4, 0.5) is 8.78 Å². The second-order valence-corrected chi connectivity index (χ2v) is 8.58. The molecular weight excluding hydrogens is 474 g/mol. The number of hydrogen-bond acceptors (Lipinski definition) is 6. The number of benzene rings is 2. The molecule has 2 rings (SSSR count). The lowest BCUT2D eigenvalue weighted by Crippen LogP contribution is -2.31. The molecule has 2 aromatic rings. The van der Waals surface area contributed by atoms with E-state index in [2.05, 4.69) is 0 Å². The first-order chi connectivity index (χ1) is 16.8. The highest BCUT2D eigenvalue weighted by Gasteiger charge is 2.25. The number of carboxylic acid groups (broad SMARTS) is 2. The van der Waals surface area contributed by atoms with Crippen LogP contribution < -0.4 is 11.5 Å². The molecule has 8 nitrogen and oxygen atoms in total. The van der Waals surface area contributed by atoms with Gasteiger partial charge >= 0.3 is 11.9 Å². The third-order valence-electron chi connectivity index (χ3n) is 5.46. The number of nitrogens with two attached hydrogens (primary N) is 2. The van der Waals surface area contributed by atoms with E-state index in [4.69, 9.17) is 21.7 Å². The molecule has 0 saturated carbocycles. The molecule has 0 aliphatic carbocycles. The lowest BCUT2D eigenvalue weighted by atomic mass is 9.92. The van der Waals surface area contributed by atoms with Crippen LogP contribution in [-0.2, 0) is 32.0 Å². The summed E-state index contributed by atoms with van der Waals surface area (Å²) >= 11 is 0. The summed E-state index contributed by atoms with van der Waals surface area (Å²) in [4.78, 5) is 45.0. The SMILES string of the molecule is C[C@H](N)C(=O)C[C@@H](Cc1ccccc1F)C(=O)O.C[C@H](N)C(=O)C[C@H](Cc1ccccc1F)C(=O)O. The van der Waals surface area contributed by atoms with E-state index in [1.807, 2.05) is 0 Å². The van der Waals surface area contributed by atoms with Crippen LogP contribution in [0.5, 0.6) is 0 Å². The smallest absolute Gasteiger partial charge is 0.307 e. The van der Waals surface area contributed by atoms with Crippen LogP contribution in [0.15, 0.2) is 48.5 Å². The average molecular weight is 507 g/mol. The van der Waals surface area contributed by atoms with Crippen molar-refractivity contribution in [3.63, 3.8) is 0 Å². The average Bonchev–Trinajstić information content (AvgIpc) is 2.80. The van der Waals surface area contributed by atoms with Crippen molar-refractivity contribution in [3.8, 4) is 0 Å². The molecule has 0 aliphatic rings. The van der Waals surface area contributed by atoms with Gasteiger partial charge in [-0.2, -0.15) is 0 Å². The number of carboxylic acids is 2. The predicted octanol–water partition coefficient (Wildman–Crippen LogP) is 2.75. The van der Waals surface area contributed by atoms with Crippen molar-refractivity contribution >= 4 is 23.5 Å². The second kappa shape index (κ2) is 14.8. The van der Waals surface area contributed by atoms with Gasteiger partial charge in [-0.3, -0.25) is 19.2 Å². The molecule has 36 heavy (non-hydrogen) atoms. The number of ketones is 2. The normalized spacial score (nSPS) is 13.9. The highest BCUT2D eigenvalue weighted by atomic mass is 19.1. The monoisotopic (exact) mass is 506 g/mol. The van der Waals surface area contributed by atoms with Gasteiger partial charge in [0, 0.05) is 12.8 Å². The molecule has 0 aromatic heterocycles. The zero-order valence-corrected chi connectivity index (χ0v) is 20.2. The number of aliphatic carboxylic acids is 2. The van der Waals surface area contributed by atoms with Crippen molar-refractivity contribution in [1.82, 2.24) is 0 Å². The van der Waals surface area contributed by atoms with Crippen LogP contribution in [0, 0.1) is 23.5 Å². The molecule has 196 valence electrons. The van der Waals surface area contributed by atoms with E-state index >= 15 is 0 Å². The van der Waals surface area contributed by atoms with Gasteiger partial charge in [0.25, 0.3) is 0 Å². The van der Waals surface area contributed by atoms with Gasteiger partial charge in [-0.25, -0.2) is 8.78 Å². The van der Waals surface area contributed by atoms with Crippen LogP contribution in [-0.4, -0.2) is 45.8 Å². The summed E-state index contributed by atoms with van der Waals surface area (Å²) in [5, 5.41) is 18.1. The van der Waals surface area contributed by atoms with E-state index in [0.717, 1.165) is 0 Å². The first kappa shape index (κ1) is 30.5. The molecule has 2 aromatic carbocycles. The van der Waals surface area contributed by atoms with Gasteiger partial charge in [0.05, 0.1) is 23.9 Å². The number of hydrogen-bond donors (Lipinski definition) is 4. The van der Waals surface area contributed by atoms with Crippen LogP contribution in [0.2, 0.25) is 0 Å². The van der Waals surface area contributed by atoms with Gasteiger partial charge in [0.15, 0.2) is 0 Å². The molecule has 0 amide bonds. The summed E-state index contributed by atoms with van der Waals surface area (Å²) in [6.07, 6.45) is -0.385. The van der Waals surface area contributed by atoms with Crippen LogP contribution in [0.1, 0.15) is 37.8 Å². The van der Waals surface area contributed by atoms with Gasteiger partial charge in [-0.1, -0.05) is 36.4 Å². The minimum absolute atomic E-state index is 0.0134. The minimum atomic E-state index is -1.12. The van der Waals surface area contributed by atoms with Crippen LogP contribution >= 0.6 is 0 Å². The Kier molecular flexibility index (Phi) is 12.5. The molecule has 0 heterocycles. The Morgan fingerprint density at radius 2 is 1.00 bits per heavy atom. The summed E-state index contributed by atoms with van der Waals surface area (Å²) < 4.78 is 26.8. The third-order valence-corrected chi connectivity index (χ3v) is 5.46. The maximum atomic E-state index is 13.4. The zero-order valence-electron chi connectivity index (χ0n) is 20.2.